The third-order valence-corrected chi connectivity index (χ3v) is 2.91. The molecule has 0 spiro atoms. The summed E-state index contributed by atoms with van der Waals surface area (Å²) in [6.45, 7) is 4.38. The molecule has 1 saturated heterocycles. The van der Waals surface area contributed by atoms with Crippen molar-refractivity contribution in [3.8, 4) is 5.75 Å². The Morgan fingerprint density at radius 2 is 2.31 bits per heavy atom. The molecule has 0 saturated carbocycles. The van der Waals surface area contributed by atoms with Crippen LogP contribution in [-0.4, -0.2) is 19.8 Å². The molecule has 1 fully saturated rings. The first-order chi connectivity index (χ1) is 7.77. The molecule has 3 nitrogen and oxygen atoms in total. The molecule has 88 valence electrons. The molecule has 3 heteroatoms. The Morgan fingerprint density at radius 1 is 1.50 bits per heavy atom. The minimum absolute atomic E-state index is 0.0102. The lowest BCUT2D eigenvalue weighted by molar-refractivity contribution is 0.166. The SMILES string of the molecule is CC(N)c1ccccc1OCC1CCOC1. The predicted molar refractivity (Wildman–Crippen MR) is 63.5 cm³/mol. The zero-order valence-electron chi connectivity index (χ0n) is 9.69. The van der Waals surface area contributed by atoms with E-state index in [2.05, 4.69) is 0 Å². The summed E-state index contributed by atoms with van der Waals surface area (Å²) in [5.74, 6) is 1.44. The predicted octanol–water partition coefficient (Wildman–Crippen LogP) is 2.12. The van der Waals surface area contributed by atoms with Crippen molar-refractivity contribution < 1.29 is 9.47 Å². The van der Waals surface area contributed by atoms with Gasteiger partial charge in [0.15, 0.2) is 0 Å². The van der Waals surface area contributed by atoms with Crippen LogP contribution in [0.3, 0.4) is 0 Å². The lowest BCUT2D eigenvalue weighted by Crippen LogP contribution is -2.14. The number of benzene rings is 1. The molecule has 0 radical (unpaired) electrons. The molecule has 16 heavy (non-hydrogen) atoms. The summed E-state index contributed by atoms with van der Waals surface area (Å²) in [6, 6.07) is 7.98. The summed E-state index contributed by atoms with van der Waals surface area (Å²) in [5.41, 5.74) is 6.96. The average Bonchev–Trinajstić information content (AvgIpc) is 2.79. The number of rotatable bonds is 4. The second-order valence-electron chi connectivity index (χ2n) is 4.37. The lowest BCUT2D eigenvalue weighted by atomic mass is 10.1. The molecular weight excluding hydrogens is 202 g/mol. The molecule has 0 aliphatic carbocycles. The van der Waals surface area contributed by atoms with E-state index in [0.29, 0.717) is 5.92 Å². The molecule has 2 unspecified atom stereocenters. The Bertz CT molecular complexity index is 332. The van der Waals surface area contributed by atoms with E-state index in [0.717, 1.165) is 37.6 Å². The third-order valence-electron chi connectivity index (χ3n) is 2.91. The zero-order valence-corrected chi connectivity index (χ0v) is 9.69. The van der Waals surface area contributed by atoms with Gasteiger partial charge in [0, 0.05) is 24.1 Å². The van der Waals surface area contributed by atoms with Gasteiger partial charge in [-0.3, -0.25) is 0 Å². The Kier molecular flexibility index (Phi) is 3.80. The number of ether oxygens (including phenoxy) is 2. The largest absolute Gasteiger partial charge is 0.493 e. The molecule has 2 atom stereocenters. The van der Waals surface area contributed by atoms with Gasteiger partial charge in [-0.2, -0.15) is 0 Å². The van der Waals surface area contributed by atoms with Crippen LogP contribution < -0.4 is 10.5 Å². The fourth-order valence-corrected chi connectivity index (χ4v) is 1.91. The molecule has 1 heterocycles. The highest BCUT2D eigenvalue weighted by Gasteiger charge is 2.17. The first kappa shape index (κ1) is 11.4. The van der Waals surface area contributed by atoms with Gasteiger partial charge in [0.05, 0.1) is 13.2 Å². The van der Waals surface area contributed by atoms with Crippen molar-refractivity contribution in [3.05, 3.63) is 29.8 Å². The van der Waals surface area contributed by atoms with Crippen LogP contribution in [0.1, 0.15) is 24.9 Å². The van der Waals surface area contributed by atoms with Crippen LogP contribution in [0.4, 0.5) is 0 Å². The van der Waals surface area contributed by atoms with E-state index in [1.807, 2.05) is 31.2 Å². The van der Waals surface area contributed by atoms with Crippen LogP contribution in [-0.2, 0) is 4.74 Å². The van der Waals surface area contributed by atoms with Gasteiger partial charge < -0.3 is 15.2 Å². The van der Waals surface area contributed by atoms with Crippen molar-refractivity contribution in [3.63, 3.8) is 0 Å². The third kappa shape index (κ3) is 2.74. The van der Waals surface area contributed by atoms with Gasteiger partial charge >= 0.3 is 0 Å². The second kappa shape index (κ2) is 5.32. The van der Waals surface area contributed by atoms with Crippen molar-refractivity contribution in [2.75, 3.05) is 19.8 Å². The highest BCUT2D eigenvalue weighted by molar-refractivity contribution is 5.35. The summed E-state index contributed by atoms with van der Waals surface area (Å²) in [5, 5.41) is 0. The van der Waals surface area contributed by atoms with Crippen LogP contribution in [0.25, 0.3) is 0 Å². The van der Waals surface area contributed by atoms with E-state index in [-0.39, 0.29) is 6.04 Å². The fraction of sp³-hybridized carbons (Fsp3) is 0.538. The fourth-order valence-electron chi connectivity index (χ4n) is 1.91. The van der Waals surface area contributed by atoms with Gasteiger partial charge in [-0.25, -0.2) is 0 Å². The van der Waals surface area contributed by atoms with Crippen molar-refractivity contribution in [2.24, 2.45) is 11.7 Å². The highest BCUT2D eigenvalue weighted by Crippen LogP contribution is 2.24. The topological polar surface area (TPSA) is 44.5 Å². The maximum Gasteiger partial charge on any atom is 0.124 e. The molecule has 1 aromatic carbocycles. The lowest BCUT2D eigenvalue weighted by Gasteiger charge is -2.15. The van der Waals surface area contributed by atoms with Gasteiger partial charge in [0.25, 0.3) is 0 Å². The van der Waals surface area contributed by atoms with Gasteiger partial charge in [-0.05, 0) is 19.4 Å². The van der Waals surface area contributed by atoms with E-state index in [9.17, 15) is 0 Å². The Hall–Kier alpha value is -1.06. The highest BCUT2D eigenvalue weighted by atomic mass is 16.5. The minimum atomic E-state index is 0.0102. The van der Waals surface area contributed by atoms with E-state index < -0.39 is 0 Å². The molecule has 2 N–H and O–H groups in total. The minimum Gasteiger partial charge on any atom is -0.493 e. The number of hydrogen-bond donors (Lipinski definition) is 1. The van der Waals surface area contributed by atoms with Crippen LogP contribution in [0, 0.1) is 5.92 Å². The Balaban J connectivity index is 1.97. The van der Waals surface area contributed by atoms with Crippen molar-refractivity contribution in [2.45, 2.75) is 19.4 Å². The van der Waals surface area contributed by atoms with Crippen LogP contribution in [0.5, 0.6) is 5.75 Å². The number of nitrogens with two attached hydrogens (primary N) is 1. The van der Waals surface area contributed by atoms with Gasteiger partial charge in [-0.15, -0.1) is 0 Å². The monoisotopic (exact) mass is 221 g/mol. The maximum atomic E-state index is 5.89. The molecule has 0 aromatic heterocycles. The molecule has 1 aliphatic heterocycles. The molecular formula is C13H19NO2. The van der Waals surface area contributed by atoms with Crippen LogP contribution >= 0.6 is 0 Å². The quantitative estimate of drug-likeness (QED) is 0.847. The van der Waals surface area contributed by atoms with Crippen LogP contribution in [0.15, 0.2) is 24.3 Å². The summed E-state index contributed by atoms with van der Waals surface area (Å²) >= 11 is 0. The smallest absolute Gasteiger partial charge is 0.124 e. The zero-order chi connectivity index (χ0) is 11.4. The van der Waals surface area contributed by atoms with Gasteiger partial charge in [-0.1, -0.05) is 18.2 Å². The first-order valence-electron chi connectivity index (χ1n) is 5.82. The summed E-state index contributed by atoms with van der Waals surface area (Å²) in [7, 11) is 0. The Labute approximate surface area is 96.5 Å². The molecule has 2 rings (SSSR count). The first-order valence-corrected chi connectivity index (χ1v) is 5.82. The molecule has 0 amide bonds. The van der Waals surface area contributed by atoms with Gasteiger partial charge in [0.2, 0.25) is 0 Å². The number of hydrogen-bond acceptors (Lipinski definition) is 3. The second-order valence-corrected chi connectivity index (χ2v) is 4.37. The summed E-state index contributed by atoms with van der Waals surface area (Å²) in [4.78, 5) is 0. The maximum absolute atomic E-state index is 5.89. The molecule has 1 aromatic rings. The summed E-state index contributed by atoms with van der Waals surface area (Å²) in [6.07, 6.45) is 1.10. The van der Waals surface area contributed by atoms with Crippen molar-refractivity contribution >= 4 is 0 Å². The Morgan fingerprint density at radius 3 is 3.00 bits per heavy atom. The van der Waals surface area contributed by atoms with E-state index in [1.54, 1.807) is 0 Å². The van der Waals surface area contributed by atoms with Crippen molar-refractivity contribution in [1.29, 1.82) is 0 Å². The van der Waals surface area contributed by atoms with Gasteiger partial charge in [0.1, 0.15) is 5.75 Å². The normalized spacial score (nSPS) is 22.0. The molecule has 0 bridgehead atoms. The van der Waals surface area contributed by atoms with E-state index >= 15 is 0 Å². The molecule has 1 aliphatic rings. The van der Waals surface area contributed by atoms with Crippen molar-refractivity contribution in [1.82, 2.24) is 0 Å². The number of para-hydroxylation sites is 1. The standard InChI is InChI=1S/C13H19NO2/c1-10(14)12-4-2-3-5-13(12)16-9-11-6-7-15-8-11/h2-5,10-11H,6-9,14H2,1H3. The van der Waals surface area contributed by atoms with Crippen LogP contribution in [0.2, 0.25) is 0 Å². The van der Waals surface area contributed by atoms with E-state index in [1.165, 1.54) is 0 Å². The summed E-state index contributed by atoms with van der Waals surface area (Å²) < 4.78 is 11.1. The average molecular weight is 221 g/mol. The van der Waals surface area contributed by atoms with E-state index in [4.69, 9.17) is 15.2 Å².